The number of carboxylic acids is 1. The van der Waals surface area contributed by atoms with Gasteiger partial charge in [0.05, 0.1) is 4.88 Å². The zero-order chi connectivity index (χ0) is 15.0. The quantitative estimate of drug-likeness (QED) is 0.929. The van der Waals surface area contributed by atoms with E-state index in [1.54, 1.807) is 11.3 Å². The summed E-state index contributed by atoms with van der Waals surface area (Å²) in [5, 5.41) is 8.96. The third-order valence-corrected chi connectivity index (χ3v) is 5.97. The zero-order valence-electron chi connectivity index (χ0n) is 12.2. The van der Waals surface area contributed by atoms with Gasteiger partial charge in [0.2, 0.25) is 0 Å². The van der Waals surface area contributed by atoms with E-state index in [1.165, 1.54) is 4.88 Å². The van der Waals surface area contributed by atoms with Crippen LogP contribution in [0.3, 0.4) is 0 Å². The lowest BCUT2D eigenvalue weighted by atomic mass is 9.88. The zero-order valence-corrected chi connectivity index (χ0v) is 13.1. The SMILES string of the molecule is CCc1ccc(C(=O)N2C3CCC2CC(CC(=O)O)C3)s1. The molecule has 4 nitrogen and oxygen atoms in total. The van der Waals surface area contributed by atoms with Crippen molar-refractivity contribution in [2.75, 3.05) is 0 Å². The molecule has 0 radical (unpaired) electrons. The van der Waals surface area contributed by atoms with E-state index in [9.17, 15) is 9.59 Å². The molecule has 2 aliphatic heterocycles. The molecule has 2 atom stereocenters. The topological polar surface area (TPSA) is 57.6 Å². The Kier molecular flexibility index (Phi) is 4.02. The molecular weight excluding hydrogens is 286 g/mol. The summed E-state index contributed by atoms with van der Waals surface area (Å²) in [6.45, 7) is 2.10. The van der Waals surface area contributed by atoms with Crippen LogP contribution in [-0.2, 0) is 11.2 Å². The Bertz CT molecular complexity index is 539. The normalized spacial score (nSPS) is 27.9. The number of carboxylic acid groups (broad SMARTS) is 1. The molecule has 2 bridgehead atoms. The number of nitrogens with zero attached hydrogens (tertiary/aromatic N) is 1. The predicted octanol–water partition coefficient (Wildman–Crippen LogP) is 3.17. The summed E-state index contributed by atoms with van der Waals surface area (Å²) in [7, 11) is 0. The second-order valence-electron chi connectivity index (χ2n) is 6.15. The third-order valence-electron chi connectivity index (χ3n) is 4.75. The van der Waals surface area contributed by atoms with E-state index in [0.29, 0.717) is 0 Å². The third kappa shape index (κ3) is 2.84. The second kappa shape index (κ2) is 5.79. The largest absolute Gasteiger partial charge is 0.481 e. The molecule has 1 N–H and O–H groups in total. The molecule has 3 rings (SSSR count). The van der Waals surface area contributed by atoms with Gasteiger partial charge in [0.15, 0.2) is 0 Å². The van der Waals surface area contributed by atoms with Gasteiger partial charge >= 0.3 is 5.97 Å². The van der Waals surface area contributed by atoms with Crippen molar-refractivity contribution in [1.29, 1.82) is 0 Å². The summed E-state index contributed by atoms with van der Waals surface area (Å²) in [5.41, 5.74) is 0. The Morgan fingerprint density at radius 3 is 2.48 bits per heavy atom. The highest BCUT2D eigenvalue weighted by molar-refractivity contribution is 7.14. The van der Waals surface area contributed by atoms with Crippen LogP contribution in [0.4, 0.5) is 0 Å². The first kappa shape index (κ1) is 14.6. The molecule has 2 fully saturated rings. The van der Waals surface area contributed by atoms with Crippen molar-refractivity contribution in [2.45, 2.75) is 57.5 Å². The highest BCUT2D eigenvalue weighted by atomic mass is 32.1. The van der Waals surface area contributed by atoms with Crippen LogP contribution in [-0.4, -0.2) is 34.0 Å². The number of aliphatic carboxylic acids is 1. The van der Waals surface area contributed by atoms with Gasteiger partial charge in [-0.1, -0.05) is 6.92 Å². The van der Waals surface area contributed by atoms with Crippen LogP contribution in [0.5, 0.6) is 0 Å². The summed E-state index contributed by atoms with van der Waals surface area (Å²) in [6.07, 6.45) is 4.96. The average molecular weight is 307 g/mol. The number of thiophene rings is 1. The fourth-order valence-corrected chi connectivity index (χ4v) is 4.74. The number of piperidine rings is 1. The van der Waals surface area contributed by atoms with E-state index >= 15 is 0 Å². The van der Waals surface area contributed by atoms with Gasteiger partial charge in [0, 0.05) is 23.4 Å². The monoisotopic (exact) mass is 307 g/mol. The molecular formula is C16H21NO3S. The molecule has 1 aromatic heterocycles. The second-order valence-corrected chi connectivity index (χ2v) is 7.32. The van der Waals surface area contributed by atoms with Crippen molar-refractivity contribution in [3.63, 3.8) is 0 Å². The van der Waals surface area contributed by atoms with Gasteiger partial charge in [-0.3, -0.25) is 9.59 Å². The van der Waals surface area contributed by atoms with Crippen LogP contribution in [0.25, 0.3) is 0 Å². The van der Waals surface area contributed by atoms with Crippen LogP contribution in [0.15, 0.2) is 12.1 Å². The number of rotatable bonds is 4. The minimum Gasteiger partial charge on any atom is -0.481 e. The first-order valence-corrected chi connectivity index (χ1v) is 8.53. The average Bonchev–Trinajstić information content (AvgIpc) is 3.01. The number of aryl methyl sites for hydroxylation is 1. The lowest BCUT2D eigenvalue weighted by Gasteiger charge is -2.38. The van der Waals surface area contributed by atoms with E-state index in [0.717, 1.165) is 37.0 Å². The van der Waals surface area contributed by atoms with E-state index in [-0.39, 0.29) is 30.3 Å². The summed E-state index contributed by atoms with van der Waals surface area (Å²) >= 11 is 1.59. The molecule has 0 spiro atoms. The lowest BCUT2D eigenvalue weighted by Crippen LogP contribution is -2.46. The first-order chi connectivity index (χ1) is 10.1. The van der Waals surface area contributed by atoms with Crippen LogP contribution in [0, 0.1) is 5.92 Å². The van der Waals surface area contributed by atoms with Crippen molar-refractivity contribution in [3.05, 3.63) is 21.9 Å². The number of carbonyl (C=O) groups excluding carboxylic acids is 1. The number of fused-ring (bicyclic) bond motifs is 2. The minimum atomic E-state index is -0.718. The smallest absolute Gasteiger partial charge is 0.303 e. The van der Waals surface area contributed by atoms with Gasteiger partial charge in [-0.15, -0.1) is 11.3 Å². The Morgan fingerprint density at radius 1 is 1.29 bits per heavy atom. The van der Waals surface area contributed by atoms with Gasteiger partial charge in [-0.05, 0) is 50.2 Å². The van der Waals surface area contributed by atoms with E-state index in [4.69, 9.17) is 5.11 Å². The van der Waals surface area contributed by atoms with E-state index in [2.05, 4.69) is 6.92 Å². The molecule has 2 unspecified atom stereocenters. The number of hydrogen-bond donors (Lipinski definition) is 1. The minimum absolute atomic E-state index is 0.154. The van der Waals surface area contributed by atoms with Crippen LogP contribution < -0.4 is 0 Å². The Balaban J connectivity index is 1.72. The maximum atomic E-state index is 12.7. The van der Waals surface area contributed by atoms with Crippen molar-refractivity contribution in [1.82, 2.24) is 4.90 Å². The van der Waals surface area contributed by atoms with Crippen molar-refractivity contribution < 1.29 is 14.7 Å². The van der Waals surface area contributed by atoms with Crippen molar-refractivity contribution in [3.8, 4) is 0 Å². The summed E-state index contributed by atoms with van der Waals surface area (Å²) in [5.74, 6) is -0.329. The summed E-state index contributed by atoms with van der Waals surface area (Å²) < 4.78 is 0. The molecule has 114 valence electrons. The maximum absolute atomic E-state index is 12.7. The molecule has 2 aliphatic rings. The van der Waals surface area contributed by atoms with Crippen molar-refractivity contribution in [2.24, 2.45) is 5.92 Å². The molecule has 0 saturated carbocycles. The highest BCUT2D eigenvalue weighted by Gasteiger charge is 2.43. The maximum Gasteiger partial charge on any atom is 0.303 e. The Hall–Kier alpha value is -1.36. The molecule has 21 heavy (non-hydrogen) atoms. The van der Waals surface area contributed by atoms with Gasteiger partial charge < -0.3 is 10.0 Å². The fourth-order valence-electron chi connectivity index (χ4n) is 3.85. The molecule has 1 amide bonds. The molecule has 3 heterocycles. The fraction of sp³-hybridized carbons (Fsp3) is 0.625. The molecule has 1 aromatic rings. The molecule has 0 aromatic carbocycles. The molecule has 0 aliphatic carbocycles. The van der Waals surface area contributed by atoms with Gasteiger partial charge in [-0.2, -0.15) is 0 Å². The lowest BCUT2D eigenvalue weighted by molar-refractivity contribution is -0.138. The number of amides is 1. The first-order valence-electron chi connectivity index (χ1n) is 7.71. The Labute approximate surface area is 128 Å². The molecule has 5 heteroatoms. The van der Waals surface area contributed by atoms with Crippen LogP contribution in [0.2, 0.25) is 0 Å². The van der Waals surface area contributed by atoms with E-state index < -0.39 is 5.97 Å². The highest BCUT2D eigenvalue weighted by Crippen LogP contribution is 2.41. The van der Waals surface area contributed by atoms with Gasteiger partial charge in [0.1, 0.15) is 0 Å². The summed E-state index contributed by atoms with van der Waals surface area (Å²) in [4.78, 5) is 27.8. The number of carbonyl (C=O) groups is 2. The van der Waals surface area contributed by atoms with Gasteiger partial charge in [-0.25, -0.2) is 0 Å². The van der Waals surface area contributed by atoms with Crippen LogP contribution >= 0.6 is 11.3 Å². The molecule has 2 saturated heterocycles. The summed E-state index contributed by atoms with van der Waals surface area (Å²) in [6, 6.07) is 4.46. The van der Waals surface area contributed by atoms with Crippen molar-refractivity contribution >= 4 is 23.2 Å². The van der Waals surface area contributed by atoms with Gasteiger partial charge in [0.25, 0.3) is 5.91 Å². The van der Waals surface area contributed by atoms with Crippen LogP contribution in [0.1, 0.15) is 53.6 Å². The number of hydrogen-bond acceptors (Lipinski definition) is 3. The van der Waals surface area contributed by atoms with E-state index in [1.807, 2.05) is 17.0 Å². The standard InChI is InChI=1S/C16H21NO3S/c1-2-13-5-6-14(21-13)16(20)17-11-3-4-12(17)8-10(7-11)9-15(18)19/h5-6,10-12H,2-4,7-9H2,1H3,(H,18,19). The Morgan fingerprint density at radius 2 is 1.95 bits per heavy atom. The predicted molar refractivity (Wildman–Crippen MR) is 81.7 cm³/mol.